The highest BCUT2D eigenvalue weighted by Crippen LogP contribution is 2.23. The number of hydrogen-bond donors (Lipinski definition) is 1. The third-order valence-electron chi connectivity index (χ3n) is 3.78. The molecule has 4 heteroatoms. The molecule has 2 N–H and O–H groups in total. The number of nitrogens with two attached hydrogens (primary N) is 1. The normalized spacial score (nSPS) is 17.8. The third kappa shape index (κ3) is 4.79. The van der Waals surface area contributed by atoms with Crippen molar-refractivity contribution in [2.24, 2.45) is 11.7 Å². The van der Waals surface area contributed by atoms with E-state index in [4.69, 9.17) is 5.73 Å². The third-order valence-corrected chi connectivity index (χ3v) is 4.81. The van der Waals surface area contributed by atoms with Crippen molar-refractivity contribution in [3.8, 4) is 0 Å². The van der Waals surface area contributed by atoms with E-state index in [0.29, 0.717) is 0 Å². The Balaban J connectivity index is 1.66. The molecule has 0 aliphatic carbocycles. The fraction of sp³-hybridized carbons (Fsp3) is 0.600. The molecule has 1 aromatic carbocycles. The first-order valence-electron chi connectivity index (χ1n) is 7.09. The standard InChI is InChI=1S/C15H23FN2S/c16-14-3-1-2-4-15(14)19-12-11-18-9-6-13(5-8-17)7-10-18/h1-4,13H,5-12,17H2. The van der Waals surface area contributed by atoms with Gasteiger partial charge in [-0.25, -0.2) is 4.39 Å². The molecule has 0 saturated carbocycles. The van der Waals surface area contributed by atoms with Crippen molar-refractivity contribution < 1.29 is 4.39 Å². The van der Waals surface area contributed by atoms with E-state index in [9.17, 15) is 4.39 Å². The van der Waals surface area contributed by atoms with Crippen LogP contribution in [-0.4, -0.2) is 36.8 Å². The number of rotatable bonds is 6. The monoisotopic (exact) mass is 282 g/mol. The van der Waals surface area contributed by atoms with Crippen molar-refractivity contribution in [1.82, 2.24) is 4.90 Å². The molecule has 106 valence electrons. The molecular formula is C15H23FN2S. The lowest BCUT2D eigenvalue weighted by Gasteiger charge is -2.31. The number of piperidine rings is 1. The van der Waals surface area contributed by atoms with Crippen molar-refractivity contribution in [2.75, 3.05) is 31.9 Å². The summed E-state index contributed by atoms with van der Waals surface area (Å²) in [4.78, 5) is 3.25. The Morgan fingerprint density at radius 2 is 2.00 bits per heavy atom. The summed E-state index contributed by atoms with van der Waals surface area (Å²) < 4.78 is 13.4. The molecule has 0 unspecified atom stereocenters. The molecule has 1 aliphatic rings. The van der Waals surface area contributed by atoms with Crippen LogP contribution in [0.4, 0.5) is 4.39 Å². The van der Waals surface area contributed by atoms with Crippen LogP contribution in [0.1, 0.15) is 19.3 Å². The first-order chi connectivity index (χ1) is 9.29. The molecule has 0 bridgehead atoms. The Kier molecular flexibility index (Phi) is 6.14. The van der Waals surface area contributed by atoms with Crippen LogP contribution < -0.4 is 5.73 Å². The first kappa shape index (κ1) is 14.8. The van der Waals surface area contributed by atoms with Crippen LogP contribution in [0, 0.1) is 11.7 Å². The smallest absolute Gasteiger partial charge is 0.136 e. The fourth-order valence-corrected chi connectivity index (χ4v) is 3.53. The van der Waals surface area contributed by atoms with Gasteiger partial charge in [0.05, 0.1) is 0 Å². The molecule has 2 nitrogen and oxygen atoms in total. The van der Waals surface area contributed by atoms with Gasteiger partial charge in [0.25, 0.3) is 0 Å². The highest BCUT2D eigenvalue weighted by atomic mass is 32.2. The molecule has 19 heavy (non-hydrogen) atoms. The van der Waals surface area contributed by atoms with Gasteiger partial charge in [-0.2, -0.15) is 0 Å². The first-order valence-corrected chi connectivity index (χ1v) is 8.08. The summed E-state index contributed by atoms with van der Waals surface area (Å²) in [5, 5.41) is 0. The van der Waals surface area contributed by atoms with Gasteiger partial charge < -0.3 is 10.6 Å². The molecule has 0 radical (unpaired) electrons. The average molecular weight is 282 g/mol. The topological polar surface area (TPSA) is 29.3 Å². The van der Waals surface area contributed by atoms with Crippen LogP contribution in [0.25, 0.3) is 0 Å². The lowest BCUT2D eigenvalue weighted by Crippen LogP contribution is -2.35. The molecule has 2 rings (SSSR count). The summed E-state index contributed by atoms with van der Waals surface area (Å²) in [5.74, 6) is 1.68. The van der Waals surface area contributed by atoms with Crippen LogP contribution in [-0.2, 0) is 0 Å². The van der Waals surface area contributed by atoms with Gasteiger partial charge in [-0.15, -0.1) is 11.8 Å². The molecule has 0 amide bonds. The second-order valence-electron chi connectivity index (χ2n) is 5.14. The van der Waals surface area contributed by atoms with Crippen LogP contribution in [0.15, 0.2) is 29.2 Å². The van der Waals surface area contributed by atoms with Crippen LogP contribution >= 0.6 is 11.8 Å². The Morgan fingerprint density at radius 1 is 1.26 bits per heavy atom. The van der Waals surface area contributed by atoms with E-state index in [-0.39, 0.29) is 5.82 Å². The number of benzene rings is 1. The summed E-state index contributed by atoms with van der Waals surface area (Å²) in [5.41, 5.74) is 5.60. The Bertz CT molecular complexity index is 378. The van der Waals surface area contributed by atoms with Crippen molar-refractivity contribution in [2.45, 2.75) is 24.2 Å². The van der Waals surface area contributed by atoms with Crippen molar-refractivity contribution in [1.29, 1.82) is 0 Å². The van der Waals surface area contributed by atoms with Gasteiger partial charge in [-0.05, 0) is 56.9 Å². The lowest BCUT2D eigenvalue weighted by molar-refractivity contribution is 0.189. The molecule has 1 aromatic rings. The zero-order valence-electron chi connectivity index (χ0n) is 11.4. The van der Waals surface area contributed by atoms with E-state index < -0.39 is 0 Å². The number of hydrogen-bond acceptors (Lipinski definition) is 3. The summed E-state index contributed by atoms with van der Waals surface area (Å²) in [6.45, 7) is 4.20. The van der Waals surface area contributed by atoms with Gasteiger partial charge >= 0.3 is 0 Å². The van der Waals surface area contributed by atoms with E-state index in [1.165, 1.54) is 32.0 Å². The Labute approximate surface area is 119 Å². The quantitative estimate of drug-likeness (QED) is 0.813. The van der Waals surface area contributed by atoms with E-state index in [1.54, 1.807) is 17.8 Å². The lowest BCUT2D eigenvalue weighted by atomic mass is 9.94. The molecule has 0 spiro atoms. The average Bonchev–Trinajstić information content (AvgIpc) is 2.43. The highest BCUT2D eigenvalue weighted by molar-refractivity contribution is 7.99. The second-order valence-corrected chi connectivity index (χ2v) is 6.28. The minimum Gasteiger partial charge on any atom is -0.330 e. The zero-order chi connectivity index (χ0) is 13.5. The van der Waals surface area contributed by atoms with E-state index in [2.05, 4.69) is 4.90 Å². The molecule has 1 fully saturated rings. The van der Waals surface area contributed by atoms with Crippen LogP contribution in [0.2, 0.25) is 0 Å². The van der Waals surface area contributed by atoms with Crippen molar-refractivity contribution in [3.63, 3.8) is 0 Å². The molecular weight excluding hydrogens is 259 g/mol. The Morgan fingerprint density at radius 3 is 2.68 bits per heavy atom. The maximum absolute atomic E-state index is 13.4. The van der Waals surface area contributed by atoms with Gasteiger partial charge in [0.2, 0.25) is 0 Å². The van der Waals surface area contributed by atoms with Crippen LogP contribution in [0.3, 0.4) is 0 Å². The zero-order valence-corrected chi connectivity index (χ0v) is 12.2. The van der Waals surface area contributed by atoms with Gasteiger partial charge in [-0.3, -0.25) is 0 Å². The number of likely N-dealkylation sites (tertiary alicyclic amines) is 1. The fourth-order valence-electron chi connectivity index (χ4n) is 2.58. The molecule has 0 atom stereocenters. The molecule has 1 aliphatic heterocycles. The molecule has 1 heterocycles. The van der Waals surface area contributed by atoms with E-state index in [0.717, 1.165) is 36.1 Å². The van der Waals surface area contributed by atoms with E-state index >= 15 is 0 Å². The second kappa shape index (κ2) is 7.88. The molecule has 1 saturated heterocycles. The van der Waals surface area contributed by atoms with Gasteiger partial charge in [0.1, 0.15) is 5.82 Å². The summed E-state index contributed by atoms with van der Waals surface area (Å²) in [6, 6.07) is 7.01. The number of thioether (sulfide) groups is 1. The maximum atomic E-state index is 13.4. The Hall–Kier alpha value is -0.580. The van der Waals surface area contributed by atoms with E-state index in [1.807, 2.05) is 12.1 Å². The predicted octanol–water partition coefficient (Wildman–Crippen LogP) is 2.98. The highest BCUT2D eigenvalue weighted by Gasteiger charge is 2.18. The number of nitrogens with zero attached hydrogens (tertiary/aromatic N) is 1. The van der Waals surface area contributed by atoms with Crippen molar-refractivity contribution in [3.05, 3.63) is 30.1 Å². The van der Waals surface area contributed by atoms with Gasteiger partial charge in [0.15, 0.2) is 0 Å². The summed E-state index contributed by atoms with van der Waals surface area (Å²) >= 11 is 1.62. The summed E-state index contributed by atoms with van der Waals surface area (Å²) in [7, 11) is 0. The summed E-state index contributed by atoms with van der Waals surface area (Å²) in [6.07, 6.45) is 3.70. The number of halogens is 1. The largest absolute Gasteiger partial charge is 0.330 e. The maximum Gasteiger partial charge on any atom is 0.136 e. The predicted molar refractivity (Wildman–Crippen MR) is 80.0 cm³/mol. The van der Waals surface area contributed by atoms with Crippen molar-refractivity contribution >= 4 is 11.8 Å². The minimum absolute atomic E-state index is 0.103. The van der Waals surface area contributed by atoms with Crippen LogP contribution in [0.5, 0.6) is 0 Å². The SMILES string of the molecule is NCCC1CCN(CCSc2ccccc2F)CC1. The van der Waals surface area contributed by atoms with Gasteiger partial charge in [0, 0.05) is 17.2 Å². The van der Waals surface area contributed by atoms with Gasteiger partial charge in [-0.1, -0.05) is 12.1 Å². The molecule has 0 aromatic heterocycles. The minimum atomic E-state index is -0.103.